The lowest BCUT2D eigenvalue weighted by Gasteiger charge is -2.47. The smallest absolute Gasteiger partial charge is 0.416 e. The van der Waals surface area contributed by atoms with E-state index in [2.05, 4.69) is 11.8 Å². The number of halogens is 6. The van der Waals surface area contributed by atoms with E-state index < -0.39 is 29.0 Å². The van der Waals surface area contributed by atoms with Gasteiger partial charge in [0, 0.05) is 37.4 Å². The Morgan fingerprint density at radius 2 is 1.34 bits per heavy atom. The highest BCUT2D eigenvalue weighted by atomic mass is 19.4. The first-order valence-electron chi connectivity index (χ1n) is 12.2. The Labute approximate surface area is 218 Å². The highest BCUT2D eigenvalue weighted by molar-refractivity contribution is 5.53. The molecule has 0 aromatic heterocycles. The zero-order valence-corrected chi connectivity index (χ0v) is 21.2. The largest absolute Gasteiger partial charge is 0.496 e. The number of para-hydroxylation sites is 2. The summed E-state index contributed by atoms with van der Waals surface area (Å²) in [6, 6.07) is 16.7. The summed E-state index contributed by atoms with van der Waals surface area (Å²) in [7, 11) is 1.47. The second-order valence-electron chi connectivity index (χ2n) is 9.58. The number of ether oxygens (including phenoxy) is 1. The van der Waals surface area contributed by atoms with Crippen LogP contribution in [0, 0.1) is 13.8 Å². The topological polar surface area (TPSA) is 15.7 Å². The van der Waals surface area contributed by atoms with Gasteiger partial charge >= 0.3 is 12.4 Å². The maximum Gasteiger partial charge on any atom is 0.416 e. The van der Waals surface area contributed by atoms with Gasteiger partial charge in [0.1, 0.15) is 5.75 Å². The molecule has 0 saturated carbocycles. The number of hydrogen-bond donors (Lipinski definition) is 0. The number of methoxy groups -OCH3 is 1. The van der Waals surface area contributed by atoms with E-state index in [9.17, 15) is 26.3 Å². The van der Waals surface area contributed by atoms with Crippen LogP contribution in [-0.2, 0) is 24.3 Å². The standard InChI is InChI=1S/C29H29F6N2O/c1-20-8-4-6-10-25(20)36-12-14-37(15-13-36)27(2,24-9-5-7-11-26(24)38-3)19-21-16-22(28(30,31)32)18-23(17-21)29(33,34)35/h4-11,16-18H,2,12-15,19H2,1,3H3. The van der Waals surface area contributed by atoms with Crippen LogP contribution in [0.25, 0.3) is 0 Å². The van der Waals surface area contributed by atoms with Crippen LogP contribution in [0.15, 0.2) is 66.7 Å². The van der Waals surface area contributed by atoms with E-state index in [4.69, 9.17) is 4.74 Å². The van der Waals surface area contributed by atoms with Gasteiger partial charge in [0.15, 0.2) is 0 Å². The highest BCUT2D eigenvalue weighted by Crippen LogP contribution is 2.41. The predicted molar refractivity (Wildman–Crippen MR) is 135 cm³/mol. The quantitative estimate of drug-likeness (QED) is 0.312. The normalized spacial score (nSPS) is 16.8. The summed E-state index contributed by atoms with van der Waals surface area (Å²) in [5.74, 6) is 0.465. The van der Waals surface area contributed by atoms with Gasteiger partial charge in [-0.05, 0) is 61.7 Å². The molecule has 1 fully saturated rings. The maximum atomic E-state index is 13.6. The molecule has 0 N–H and O–H groups in total. The van der Waals surface area contributed by atoms with E-state index in [0.717, 1.165) is 23.4 Å². The number of anilines is 1. The van der Waals surface area contributed by atoms with Crippen LogP contribution < -0.4 is 9.64 Å². The summed E-state index contributed by atoms with van der Waals surface area (Å²) >= 11 is 0. The fourth-order valence-corrected chi connectivity index (χ4v) is 5.16. The van der Waals surface area contributed by atoms with Crippen molar-refractivity contribution in [2.75, 3.05) is 38.2 Å². The third kappa shape index (κ3) is 5.77. The Hall–Kier alpha value is -3.20. The van der Waals surface area contributed by atoms with Crippen molar-refractivity contribution in [2.24, 2.45) is 0 Å². The molecule has 0 aliphatic carbocycles. The summed E-state index contributed by atoms with van der Waals surface area (Å²) in [4.78, 5) is 4.24. The number of hydrogen-bond acceptors (Lipinski definition) is 3. The van der Waals surface area contributed by atoms with Gasteiger partial charge < -0.3 is 9.64 Å². The van der Waals surface area contributed by atoms with Crippen molar-refractivity contribution >= 4 is 5.69 Å². The molecule has 1 atom stereocenters. The SMILES string of the molecule is [CH2]C(Cc1cc(C(F)(F)F)cc(C(F)(F)F)c1)(c1ccccc1OC)N1CCN(c2ccccc2C)CC1. The van der Waals surface area contributed by atoms with Gasteiger partial charge in [-0.25, -0.2) is 0 Å². The zero-order chi connectivity index (χ0) is 27.7. The molecule has 38 heavy (non-hydrogen) atoms. The third-order valence-corrected chi connectivity index (χ3v) is 7.09. The lowest BCUT2D eigenvalue weighted by Crippen LogP contribution is -2.55. The number of rotatable bonds is 6. The van der Waals surface area contributed by atoms with Crippen molar-refractivity contribution in [2.45, 2.75) is 31.2 Å². The molecule has 0 amide bonds. The molecule has 3 nitrogen and oxygen atoms in total. The van der Waals surface area contributed by atoms with E-state index in [1.807, 2.05) is 36.1 Å². The summed E-state index contributed by atoms with van der Waals surface area (Å²) in [5, 5.41) is 0. The minimum absolute atomic E-state index is 0.102. The molecule has 1 aliphatic rings. The Kier molecular flexibility index (Phi) is 7.70. The van der Waals surface area contributed by atoms with E-state index in [1.165, 1.54) is 7.11 Å². The number of alkyl halides is 6. The van der Waals surface area contributed by atoms with Crippen molar-refractivity contribution in [1.82, 2.24) is 4.90 Å². The third-order valence-electron chi connectivity index (χ3n) is 7.09. The Morgan fingerprint density at radius 3 is 1.89 bits per heavy atom. The number of nitrogens with zero attached hydrogens (tertiary/aromatic N) is 2. The van der Waals surface area contributed by atoms with E-state index >= 15 is 0 Å². The van der Waals surface area contributed by atoms with Crippen molar-refractivity contribution in [1.29, 1.82) is 0 Å². The van der Waals surface area contributed by atoms with Crippen LogP contribution in [0.3, 0.4) is 0 Å². The molecule has 1 heterocycles. The minimum atomic E-state index is -4.93. The van der Waals surface area contributed by atoms with Crippen LogP contribution in [-0.4, -0.2) is 38.2 Å². The molecule has 1 aliphatic heterocycles. The number of piperazine rings is 1. The number of aryl methyl sites for hydroxylation is 1. The van der Waals surface area contributed by atoms with Gasteiger partial charge in [-0.2, -0.15) is 26.3 Å². The molecule has 4 rings (SSSR count). The highest BCUT2D eigenvalue weighted by Gasteiger charge is 2.41. The molecule has 1 saturated heterocycles. The second kappa shape index (κ2) is 10.5. The molecule has 3 aromatic rings. The van der Waals surface area contributed by atoms with Gasteiger partial charge in [0.05, 0.1) is 23.8 Å². The van der Waals surface area contributed by atoms with Crippen LogP contribution in [0.1, 0.15) is 27.8 Å². The first-order chi connectivity index (χ1) is 17.8. The molecular formula is C29H29F6N2O. The maximum absolute atomic E-state index is 13.6. The summed E-state index contributed by atoms with van der Waals surface area (Å²) in [5.41, 5.74) is -1.16. The Balaban J connectivity index is 1.74. The Bertz CT molecular complexity index is 1230. The second-order valence-corrected chi connectivity index (χ2v) is 9.58. The molecule has 1 radical (unpaired) electrons. The molecule has 0 bridgehead atoms. The van der Waals surface area contributed by atoms with Gasteiger partial charge in [0.25, 0.3) is 0 Å². The predicted octanol–water partition coefficient (Wildman–Crippen LogP) is 7.14. The monoisotopic (exact) mass is 535 g/mol. The Morgan fingerprint density at radius 1 is 0.789 bits per heavy atom. The van der Waals surface area contributed by atoms with Crippen molar-refractivity contribution in [3.8, 4) is 5.75 Å². The summed E-state index contributed by atoms with van der Waals surface area (Å²) in [6.45, 7) is 8.69. The van der Waals surface area contributed by atoms with Crippen LogP contribution >= 0.6 is 0 Å². The van der Waals surface area contributed by atoms with E-state index in [1.54, 1.807) is 24.3 Å². The van der Waals surface area contributed by atoms with Gasteiger partial charge in [-0.3, -0.25) is 4.90 Å². The van der Waals surface area contributed by atoms with Crippen LogP contribution in [0.5, 0.6) is 5.75 Å². The van der Waals surface area contributed by atoms with Crippen LogP contribution in [0.4, 0.5) is 32.0 Å². The first kappa shape index (κ1) is 27.8. The van der Waals surface area contributed by atoms with Gasteiger partial charge in [0.2, 0.25) is 0 Å². The van der Waals surface area contributed by atoms with Gasteiger partial charge in [-0.1, -0.05) is 36.4 Å². The molecular weight excluding hydrogens is 506 g/mol. The lowest BCUT2D eigenvalue weighted by atomic mass is 9.82. The molecule has 1 unspecified atom stereocenters. The molecule has 3 aromatic carbocycles. The minimum Gasteiger partial charge on any atom is -0.496 e. The van der Waals surface area contributed by atoms with Crippen molar-refractivity contribution < 1.29 is 31.1 Å². The fraction of sp³-hybridized carbons (Fsp3) is 0.345. The molecule has 203 valence electrons. The van der Waals surface area contributed by atoms with E-state index in [0.29, 0.717) is 37.5 Å². The first-order valence-corrected chi connectivity index (χ1v) is 12.2. The molecule has 0 spiro atoms. The van der Waals surface area contributed by atoms with Gasteiger partial charge in [-0.15, -0.1) is 0 Å². The molecule has 9 heteroatoms. The van der Waals surface area contributed by atoms with Crippen molar-refractivity contribution in [3.05, 3.63) is 101 Å². The average Bonchev–Trinajstić information content (AvgIpc) is 2.88. The van der Waals surface area contributed by atoms with Crippen molar-refractivity contribution in [3.63, 3.8) is 0 Å². The summed E-state index contributed by atoms with van der Waals surface area (Å²) < 4.78 is 87.0. The fourth-order valence-electron chi connectivity index (χ4n) is 5.16. The average molecular weight is 536 g/mol. The lowest BCUT2D eigenvalue weighted by molar-refractivity contribution is -0.143. The van der Waals surface area contributed by atoms with E-state index in [-0.39, 0.29) is 18.1 Å². The van der Waals surface area contributed by atoms with Crippen LogP contribution in [0.2, 0.25) is 0 Å². The number of benzene rings is 3. The summed E-state index contributed by atoms with van der Waals surface area (Å²) in [6.07, 6.45) is -10.0. The zero-order valence-electron chi connectivity index (χ0n) is 21.2.